The highest BCUT2D eigenvalue weighted by Gasteiger charge is 2.07. The maximum absolute atomic E-state index is 6.22. The Morgan fingerprint density at radius 3 is 1.74 bits per heavy atom. The quantitative estimate of drug-likeness (QED) is 0.271. The third-order valence-corrected chi connectivity index (χ3v) is 4.94. The van der Waals surface area contributed by atoms with E-state index in [1.54, 1.807) is 0 Å². The molecule has 0 fully saturated rings. The largest absolute Gasteiger partial charge is 0.0843 e. The van der Waals surface area contributed by atoms with Crippen molar-refractivity contribution in [2.45, 2.75) is 0 Å². The molecule has 0 saturated carbocycles. The van der Waals surface area contributed by atoms with Crippen LogP contribution in [0.3, 0.4) is 0 Å². The van der Waals surface area contributed by atoms with Gasteiger partial charge in [0.2, 0.25) is 0 Å². The molecule has 23 heavy (non-hydrogen) atoms. The fraction of sp³-hybridized carbons (Fsp3) is 0. The van der Waals surface area contributed by atoms with E-state index in [9.17, 15) is 0 Å². The smallest absolute Gasteiger partial charge is 0.0412 e. The summed E-state index contributed by atoms with van der Waals surface area (Å²) in [5, 5.41) is 10.9. The van der Waals surface area contributed by atoms with Crippen molar-refractivity contribution in [3.63, 3.8) is 0 Å². The van der Waals surface area contributed by atoms with E-state index in [1.807, 2.05) is 6.07 Å². The van der Waals surface area contributed by atoms with E-state index < -0.39 is 0 Å². The Balaban J connectivity index is 2.02. The predicted octanol–water partition coefficient (Wildman–Crippen LogP) is 6.95. The van der Waals surface area contributed by atoms with Gasteiger partial charge in [-0.05, 0) is 55.2 Å². The van der Waals surface area contributed by atoms with Crippen LogP contribution in [0.5, 0.6) is 0 Å². The fourth-order valence-electron chi connectivity index (χ4n) is 3.61. The first-order valence-corrected chi connectivity index (χ1v) is 8.11. The molecule has 0 aliphatic carbocycles. The van der Waals surface area contributed by atoms with Crippen LogP contribution in [0.2, 0.25) is 5.02 Å². The van der Waals surface area contributed by atoms with E-state index >= 15 is 0 Å². The summed E-state index contributed by atoms with van der Waals surface area (Å²) >= 11 is 6.22. The summed E-state index contributed by atoms with van der Waals surface area (Å²) in [4.78, 5) is 0. The highest BCUT2D eigenvalue weighted by Crippen LogP contribution is 2.35. The van der Waals surface area contributed by atoms with Crippen LogP contribution in [0.4, 0.5) is 0 Å². The second-order valence-corrected chi connectivity index (χ2v) is 6.41. The van der Waals surface area contributed by atoms with Gasteiger partial charge in [0.25, 0.3) is 0 Å². The lowest BCUT2D eigenvalue weighted by Gasteiger charge is -2.10. The second kappa shape index (κ2) is 4.71. The summed E-state index contributed by atoms with van der Waals surface area (Å²) in [5.74, 6) is 0. The van der Waals surface area contributed by atoms with Crippen molar-refractivity contribution in [1.29, 1.82) is 0 Å². The molecular formula is C22H13Cl. The van der Waals surface area contributed by atoms with Crippen LogP contribution in [0, 0.1) is 0 Å². The molecule has 5 aromatic carbocycles. The Morgan fingerprint density at radius 2 is 0.957 bits per heavy atom. The third kappa shape index (κ3) is 1.85. The molecule has 0 radical (unpaired) electrons. The molecular weight excluding hydrogens is 300 g/mol. The van der Waals surface area contributed by atoms with Crippen LogP contribution in [-0.2, 0) is 0 Å². The minimum atomic E-state index is 0.781. The first kappa shape index (κ1) is 12.9. The summed E-state index contributed by atoms with van der Waals surface area (Å²) in [6.07, 6.45) is 0. The summed E-state index contributed by atoms with van der Waals surface area (Å²) in [6, 6.07) is 28.0. The Morgan fingerprint density at radius 1 is 0.435 bits per heavy atom. The van der Waals surface area contributed by atoms with Crippen LogP contribution < -0.4 is 0 Å². The van der Waals surface area contributed by atoms with Gasteiger partial charge in [-0.3, -0.25) is 0 Å². The van der Waals surface area contributed by atoms with Gasteiger partial charge in [0.15, 0.2) is 0 Å². The average molecular weight is 313 g/mol. The lowest BCUT2D eigenvalue weighted by atomic mass is 9.94. The first-order valence-electron chi connectivity index (χ1n) is 7.74. The van der Waals surface area contributed by atoms with Gasteiger partial charge >= 0.3 is 0 Å². The molecule has 1 heteroatoms. The van der Waals surface area contributed by atoms with Gasteiger partial charge < -0.3 is 0 Å². The third-order valence-electron chi connectivity index (χ3n) is 4.70. The number of hydrogen-bond donors (Lipinski definition) is 0. The van der Waals surface area contributed by atoms with Crippen molar-refractivity contribution >= 4 is 54.7 Å². The van der Waals surface area contributed by atoms with E-state index in [-0.39, 0.29) is 0 Å². The zero-order valence-electron chi connectivity index (χ0n) is 12.4. The fourth-order valence-corrected chi connectivity index (χ4v) is 3.78. The van der Waals surface area contributed by atoms with Crippen molar-refractivity contribution in [3.05, 3.63) is 83.9 Å². The van der Waals surface area contributed by atoms with Crippen molar-refractivity contribution < 1.29 is 0 Å². The predicted molar refractivity (Wildman–Crippen MR) is 101 cm³/mol. The monoisotopic (exact) mass is 312 g/mol. The SMILES string of the molecule is Clc1ccc2ccc3c(ccc4c5ccccc5ccc43)c2c1. The highest BCUT2D eigenvalue weighted by atomic mass is 35.5. The molecule has 0 heterocycles. The molecule has 0 atom stereocenters. The molecule has 5 aromatic rings. The van der Waals surface area contributed by atoms with Gasteiger partial charge in [-0.2, -0.15) is 0 Å². The van der Waals surface area contributed by atoms with Gasteiger partial charge in [-0.25, -0.2) is 0 Å². The number of fused-ring (bicyclic) bond motifs is 7. The molecule has 108 valence electrons. The topological polar surface area (TPSA) is 0 Å². The molecule has 0 nitrogen and oxygen atoms in total. The minimum absolute atomic E-state index is 0.781. The summed E-state index contributed by atoms with van der Waals surface area (Å²) in [7, 11) is 0. The second-order valence-electron chi connectivity index (χ2n) is 5.97. The minimum Gasteiger partial charge on any atom is -0.0843 e. The normalized spacial score (nSPS) is 11.7. The van der Waals surface area contributed by atoms with Gasteiger partial charge in [0.05, 0.1) is 0 Å². The van der Waals surface area contributed by atoms with E-state index in [1.165, 1.54) is 43.1 Å². The van der Waals surface area contributed by atoms with Gasteiger partial charge in [0.1, 0.15) is 0 Å². The average Bonchev–Trinajstić information content (AvgIpc) is 2.60. The maximum atomic E-state index is 6.22. The molecule has 0 N–H and O–H groups in total. The molecule has 0 bridgehead atoms. The van der Waals surface area contributed by atoms with Crippen LogP contribution in [0.15, 0.2) is 78.9 Å². The van der Waals surface area contributed by atoms with Crippen molar-refractivity contribution in [2.24, 2.45) is 0 Å². The molecule has 0 amide bonds. The first-order chi connectivity index (χ1) is 11.3. The van der Waals surface area contributed by atoms with Gasteiger partial charge in [-0.15, -0.1) is 0 Å². The van der Waals surface area contributed by atoms with Crippen molar-refractivity contribution in [2.75, 3.05) is 0 Å². The molecule has 0 aliphatic rings. The van der Waals surface area contributed by atoms with E-state index in [0.717, 1.165) is 5.02 Å². The summed E-state index contributed by atoms with van der Waals surface area (Å²) < 4.78 is 0. The summed E-state index contributed by atoms with van der Waals surface area (Å²) in [5.41, 5.74) is 0. The highest BCUT2D eigenvalue weighted by molar-refractivity contribution is 6.32. The van der Waals surface area contributed by atoms with Crippen molar-refractivity contribution in [1.82, 2.24) is 0 Å². The van der Waals surface area contributed by atoms with Crippen LogP contribution in [-0.4, -0.2) is 0 Å². The lowest BCUT2D eigenvalue weighted by Crippen LogP contribution is -1.82. The van der Waals surface area contributed by atoms with E-state index in [0.29, 0.717) is 0 Å². The number of halogens is 1. The molecule has 0 unspecified atom stereocenters. The van der Waals surface area contributed by atoms with Crippen LogP contribution in [0.25, 0.3) is 43.1 Å². The molecule has 5 rings (SSSR count). The molecule has 0 aliphatic heterocycles. The zero-order valence-corrected chi connectivity index (χ0v) is 13.1. The maximum Gasteiger partial charge on any atom is 0.0412 e. The Labute approximate surface area is 138 Å². The van der Waals surface area contributed by atoms with Gasteiger partial charge in [-0.1, -0.05) is 78.3 Å². The molecule has 0 aromatic heterocycles. The molecule has 0 spiro atoms. The van der Waals surface area contributed by atoms with E-state index in [4.69, 9.17) is 11.6 Å². The Bertz CT molecular complexity index is 1220. The number of hydrogen-bond acceptors (Lipinski definition) is 0. The van der Waals surface area contributed by atoms with E-state index in [2.05, 4.69) is 72.8 Å². The number of benzene rings is 5. The van der Waals surface area contributed by atoms with Crippen LogP contribution >= 0.6 is 11.6 Å². The van der Waals surface area contributed by atoms with Gasteiger partial charge in [0, 0.05) is 5.02 Å². The summed E-state index contributed by atoms with van der Waals surface area (Å²) in [6.45, 7) is 0. The molecule has 0 saturated heterocycles. The standard InChI is InChI=1S/C22H13Cl/c23-16-8-5-15-7-10-20-19-9-6-14-3-1-2-4-17(14)18(19)11-12-21(20)22(15)13-16/h1-13H. The number of rotatable bonds is 0. The van der Waals surface area contributed by atoms with Crippen LogP contribution in [0.1, 0.15) is 0 Å². The Kier molecular flexibility index (Phi) is 2.65. The zero-order chi connectivity index (χ0) is 15.4. The Hall–Kier alpha value is -2.57. The lowest BCUT2D eigenvalue weighted by molar-refractivity contribution is 1.77. The van der Waals surface area contributed by atoms with Crippen molar-refractivity contribution in [3.8, 4) is 0 Å².